The van der Waals surface area contributed by atoms with Gasteiger partial charge in [-0.2, -0.15) is 30.7 Å². The quantitative estimate of drug-likeness (QED) is 0.647. The van der Waals surface area contributed by atoms with Gasteiger partial charge in [0.15, 0.2) is 0 Å². The van der Waals surface area contributed by atoms with Crippen molar-refractivity contribution < 1.29 is 52.7 Å². The molecular weight excluding hydrogens is 324 g/mol. The standard InChI is InChI=1S/C8H6F12/c1-3(9,10)6(14,15)5(13,8(18,19)20)7(16,17)4(2,11)12/h1-2H3. The van der Waals surface area contributed by atoms with Gasteiger partial charge < -0.3 is 0 Å². The van der Waals surface area contributed by atoms with Gasteiger partial charge in [0.25, 0.3) is 0 Å². The maximum absolute atomic E-state index is 13.3. The van der Waals surface area contributed by atoms with Gasteiger partial charge in [0.1, 0.15) is 0 Å². The topological polar surface area (TPSA) is 0 Å². The Bertz CT molecular complexity index is 327. The Morgan fingerprint density at radius 1 is 0.450 bits per heavy atom. The second kappa shape index (κ2) is 4.33. The fourth-order valence-electron chi connectivity index (χ4n) is 1.16. The van der Waals surface area contributed by atoms with E-state index in [4.69, 9.17) is 0 Å². The van der Waals surface area contributed by atoms with Crippen molar-refractivity contribution in [3.63, 3.8) is 0 Å². The molecule has 0 rings (SSSR count). The number of hydrogen-bond acceptors (Lipinski definition) is 0. The summed E-state index contributed by atoms with van der Waals surface area (Å²) in [5.74, 6) is -26.2. The lowest BCUT2D eigenvalue weighted by Crippen LogP contribution is -2.74. The van der Waals surface area contributed by atoms with Crippen molar-refractivity contribution in [1.29, 1.82) is 0 Å². The van der Waals surface area contributed by atoms with E-state index in [2.05, 4.69) is 0 Å². The van der Waals surface area contributed by atoms with E-state index in [9.17, 15) is 52.7 Å². The molecule has 20 heavy (non-hydrogen) atoms. The second-order valence-corrected chi connectivity index (χ2v) is 4.08. The highest BCUT2D eigenvalue weighted by atomic mass is 19.4. The molecule has 0 aliphatic rings. The van der Waals surface area contributed by atoms with Crippen LogP contribution in [-0.2, 0) is 0 Å². The highest BCUT2D eigenvalue weighted by molar-refractivity contribution is 5.16. The minimum Gasteiger partial charge on any atom is -0.219 e. The lowest BCUT2D eigenvalue weighted by atomic mass is 9.83. The number of hydrogen-bond donors (Lipinski definition) is 0. The Kier molecular flexibility index (Phi) is 4.14. The van der Waals surface area contributed by atoms with Crippen LogP contribution in [0, 0.1) is 0 Å². The summed E-state index contributed by atoms with van der Waals surface area (Å²) in [5, 5.41) is 0. The molecule has 0 N–H and O–H groups in total. The fourth-order valence-corrected chi connectivity index (χ4v) is 1.16. The van der Waals surface area contributed by atoms with Crippen LogP contribution >= 0.6 is 0 Å². The molecule has 0 aliphatic heterocycles. The molecule has 122 valence electrons. The summed E-state index contributed by atoms with van der Waals surface area (Å²) in [7, 11) is 0. The Hall–Kier alpha value is -0.840. The molecule has 0 radical (unpaired) electrons. The van der Waals surface area contributed by atoms with E-state index in [1.807, 2.05) is 0 Å². The van der Waals surface area contributed by atoms with Crippen LogP contribution in [0.3, 0.4) is 0 Å². The zero-order valence-electron chi connectivity index (χ0n) is 9.54. The van der Waals surface area contributed by atoms with Crippen molar-refractivity contribution in [2.45, 2.75) is 49.4 Å². The average molecular weight is 330 g/mol. The molecule has 0 amide bonds. The molecule has 0 aromatic rings. The molecule has 0 fully saturated rings. The molecule has 0 aromatic carbocycles. The van der Waals surface area contributed by atoms with Crippen molar-refractivity contribution in [1.82, 2.24) is 0 Å². The summed E-state index contributed by atoms with van der Waals surface area (Å²) in [6, 6.07) is 0. The van der Waals surface area contributed by atoms with Crippen LogP contribution in [0.2, 0.25) is 0 Å². The molecule has 0 nitrogen and oxygen atoms in total. The van der Waals surface area contributed by atoms with Crippen LogP contribution < -0.4 is 0 Å². The Morgan fingerprint density at radius 3 is 0.750 bits per heavy atom. The molecule has 0 unspecified atom stereocenters. The number of alkyl halides is 12. The molecule has 12 heteroatoms. The van der Waals surface area contributed by atoms with E-state index < -0.39 is 49.4 Å². The van der Waals surface area contributed by atoms with Crippen molar-refractivity contribution >= 4 is 0 Å². The largest absolute Gasteiger partial charge is 0.435 e. The molecule has 0 spiro atoms. The lowest BCUT2D eigenvalue weighted by molar-refractivity contribution is -0.425. The van der Waals surface area contributed by atoms with Crippen molar-refractivity contribution in [2.75, 3.05) is 0 Å². The third kappa shape index (κ3) is 2.30. The average Bonchev–Trinajstić information content (AvgIpc) is 2.10. The lowest BCUT2D eigenvalue weighted by Gasteiger charge is -2.43. The molecule has 0 saturated carbocycles. The van der Waals surface area contributed by atoms with E-state index in [1.165, 1.54) is 0 Å². The Morgan fingerprint density at radius 2 is 0.650 bits per heavy atom. The van der Waals surface area contributed by atoms with Crippen molar-refractivity contribution in [2.24, 2.45) is 0 Å². The van der Waals surface area contributed by atoms with Crippen LogP contribution in [0.1, 0.15) is 13.8 Å². The smallest absolute Gasteiger partial charge is 0.219 e. The predicted molar refractivity (Wildman–Crippen MR) is 41.0 cm³/mol. The normalized spacial score (nSPS) is 16.5. The van der Waals surface area contributed by atoms with Crippen LogP contribution in [0.25, 0.3) is 0 Å². The van der Waals surface area contributed by atoms with Crippen molar-refractivity contribution in [3.05, 3.63) is 0 Å². The minimum atomic E-state index is -7.47. The zero-order chi connectivity index (χ0) is 17.0. The molecule has 0 heterocycles. The second-order valence-electron chi connectivity index (χ2n) is 4.08. The summed E-state index contributed by atoms with van der Waals surface area (Å²) in [5.41, 5.74) is -7.47. The summed E-state index contributed by atoms with van der Waals surface area (Å²) >= 11 is 0. The number of halogens is 12. The number of rotatable bonds is 4. The third-order valence-corrected chi connectivity index (χ3v) is 2.36. The SMILES string of the molecule is CC(F)(F)C(F)(F)C(F)(C(F)(F)F)C(F)(F)C(C)(F)F. The molecule has 0 bridgehead atoms. The van der Waals surface area contributed by atoms with Crippen LogP contribution in [0.15, 0.2) is 0 Å². The van der Waals surface area contributed by atoms with E-state index >= 15 is 0 Å². The van der Waals surface area contributed by atoms with Crippen LogP contribution in [-0.4, -0.2) is 35.5 Å². The molecule has 0 aromatic heterocycles. The highest BCUT2D eigenvalue weighted by Gasteiger charge is 2.91. The summed E-state index contributed by atoms with van der Waals surface area (Å²) < 4.78 is 151. The Labute approximate surface area is 103 Å². The molecule has 0 atom stereocenters. The van der Waals surface area contributed by atoms with Crippen LogP contribution in [0.4, 0.5) is 52.7 Å². The first-order valence-electron chi connectivity index (χ1n) is 4.52. The van der Waals surface area contributed by atoms with Crippen molar-refractivity contribution in [3.8, 4) is 0 Å². The van der Waals surface area contributed by atoms with E-state index in [-0.39, 0.29) is 0 Å². The van der Waals surface area contributed by atoms with Gasteiger partial charge in [0, 0.05) is 13.8 Å². The van der Waals surface area contributed by atoms with Crippen LogP contribution in [0.5, 0.6) is 0 Å². The van der Waals surface area contributed by atoms with E-state index in [0.29, 0.717) is 0 Å². The van der Waals surface area contributed by atoms with Gasteiger partial charge in [0.05, 0.1) is 0 Å². The first-order chi connectivity index (χ1) is 8.25. The first-order valence-corrected chi connectivity index (χ1v) is 4.52. The first kappa shape index (κ1) is 19.2. The van der Waals surface area contributed by atoms with Gasteiger partial charge in [-0.1, -0.05) is 0 Å². The van der Waals surface area contributed by atoms with Gasteiger partial charge in [-0.05, 0) is 0 Å². The Balaban J connectivity index is 6.50. The maximum Gasteiger partial charge on any atom is 0.435 e. The zero-order valence-corrected chi connectivity index (χ0v) is 9.54. The predicted octanol–water partition coefficient (Wildman–Crippen LogP) is 4.84. The third-order valence-electron chi connectivity index (χ3n) is 2.36. The molecule has 0 aliphatic carbocycles. The summed E-state index contributed by atoms with van der Waals surface area (Å²) in [6.45, 7) is -2.01. The van der Waals surface area contributed by atoms with E-state index in [0.717, 1.165) is 0 Å². The van der Waals surface area contributed by atoms with Gasteiger partial charge in [-0.25, -0.2) is 22.0 Å². The maximum atomic E-state index is 13.3. The van der Waals surface area contributed by atoms with Gasteiger partial charge >= 0.3 is 35.5 Å². The van der Waals surface area contributed by atoms with Gasteiger partial charge in [-0.3, -0.25) is 0 Å². The van der Waals surface area contributed by atoms with Gasteiger partial charge in [-0.15, -0.1) is 0 Å². The monoisotopic (exact) mass is 330 g/mol. The van der Waals surface area contributed by atoms with Gasteiger partial charge in [0.2, 0.25) is 0 Å². The minimum absolute atomic E-state index is 1.00. The van der Waals surface area contributed by atoms with E-state index in [1.54, 1.807) is 0 Å². The molecular formula is C8H6F12. The fraction of sp³-hybridized carbons (Fsp3) is 1.00. The highest BCUT2D eigenvalue weighted by Crippen LogP contribution is 2.61. The molecule has 0 saturated heterocycles. The summed E-state index contributed by atoms with van der Waals surface area (Å²) in [6.07, 6.45) is -7.39. The summed E-state index contributed by atoms with van der Waals surface area (Å²) in [4.78, 5) is 0.